The topological polar surface area (TPSA) is 66.5 Å². The molecule has 4 rings (SSSR count). The van der Waals surface area contributed by atoms with Gasteiger partial charge in [-0.15, -0.1) is 11.3 Å². The van der Waals surface area contributed by atoms with E-state index in [-0.39, 0.29) is 22.7 Å². The molecule has 1 atom stereocenters. The fraction of sp³-hybridized carbons (Fsp3) is 0.450. The molecule has 1 aromatic carbocycles. The lowest BCUT2D eigenvalue weighted by Crippen LogP contribution is -2.54. The molecule has 1 aliphatic carbocycles. The van der Waals surface area contributed by atoms with Crippen LogP contribution < -0.4 is 5.32 Å². The second-order valence-electron chi connectivity index (χ2n) is 7.31. The SMILES string of the molecule is O=C(NC1CCCCC1)C1Cc2ccccc2CN1S(=O)(=O)c1cccs1. The normalized spacial score (nSPS) is 21.6. The summed E-state index contributed by atoms with van der Waals surface area (Å²) in [5, 5.41) is 4.88. The van der Waals surface area contributed by atoms with Gasteiger partial charge in [0.1, 0.15) is 10.3 Å². The Labute approximate surface area is 164 Å². The van der Waals surface area contributed by atoms with Crippen LogP contribution in [0.5, 0.6) is 0 Å². The lowest BCUT2D eigenvalue weighted by molar-refractivity contribution is -0.126. The third-order valence-corrected chi connectivity index (χ3v) is 8.75. The number of carbonyl (C=O) groups is 1. The minimum atomic E-state index is -3.71. The Balaban J connectivity index is 1.64. The van der Waals surface area contributed by atoms with Gasteiger partial charge in [0, 0.05) is 12.6 Å². The first-order valence-electron chi connectivity index (χ1n) is 9.48. The zero-order valence-electron chi connectivity index (χ0n) is 15.1. The van der Waals surface area contributed by atoms with Gasteiger partial charge >= 0.3 is 0 Å². The van der Waals surface area contributed by atoms with Crippen molar-refractivity contribution in [3.63, 3.8) is 0 Å². The largest absolute Gasteiger partial charge is 0.352 e. The number of amides is 1. The highest BCUT2D eigenvalue weighted by Gasteiger charge is 2.40. The summed E-state index contributed by atoms with van der Waals surface area (Å²) in [5.74, 6) is -0.170. The molecule has 1 saturated carbocycles. The zero-order valence-corrected chi connectivity index (χ0v) is 16.8. The predicted molar refractivity (Wildman–Crippen MR) is 106 cm³/mol. The van der Waals surface area contributed by atoms with Gasteiger partial charge in [-0.1, -0.05) is 49.6 Å². The van der Waals surface area contributed by atoms with Crippen LogP contribution in [0.3, 0.4) is 0 Å². The number of fused-ring (bicyclic) bond motifs is 1. The van der Waals surface area contributed by atoms with E-state index in [1.807, 2.05) is 24.3 Å². The first-order chi connectivity index (χ1) is 13.1. The number of benzene rings is 1. The first-order valence-corrected chi connectivity index (χ1v) is 11.8. The Morgan fingerprint density at radius 3 is 2.48 bits per heavy atom. The molecular formula is C20H24N2O3S2. The van der Waals surface area contributed by atoms with Crippen molar-refractivity contribution in [3.8, 4) is 0 Å². The van der Waals surface area contributed by atoms with E-state index in [0.29, 0.717) is 6.42 Å². The Hall–Kier alpha value is -1.70. The molecule has 0 bridgehead atoms. The Morgan fingerprint density at radius 1 is 1.04 bits per heavy atom. The maximum absolute atomic E-state index is 13.2. The van der Waals surface area contributed by atoms with E-state index < -0.39 is 16.1 Å². The quantitative estimate of drug-likeness (QED) is 0.850. The van der Waals surface area contributed by atoms with Crippen molar-refractivity contribution in [1.29, 1.82) is 0 Å². The predicted octanol–water partition coefficient (Wildman–Crippen LogP) is 3.31. The fourth-order valence-electron chi connectivity index (χ4n) is 4.05. The van der Waals surface area contributed by atoms with E-state index in [2.05, 4.69) is 5.32 Å². The minimum Gasteiger partial charge on any atom is -0.352 e. The maximum Gasteiger partial charge on any atom is 0.253 e. The molecule has 1 amide bonds. The van der Waals surface area contributed by atoms with Gasteiger partial charge in [0.05, 0.1) is 0 Å². The third kappa shape index (κ3) is 3.81. The second kappa shape index (κ2) is 7.73. The van der Waals surface area contributed by atoms with E-state index in [1.165, 1.54) is 22.1 Å². The highest BCUT2D eigenvalue weighted by Crippen LogP contribution is 2.31. The zero-order chi connectivity index (χ0) is 18.9. The number of nitrogens with one attached hydrogen (secondary N) is 1. The number of sulfonamides is 1. The summed E-state index contributed by atoms with van der Waals surface area (Å²) < 4.78 is 28.1. The van der Waals surface area contributed by atoms with Crippen LogP contribution in [0.4, 0.5) is 0 Å². The monoisotopic (exact) mass is 404 g/mol. The van der Waals surface area contributed by atoms with E-state index in [4.69, 9.17) is 0 Å². The summed E-state index contributed by atoms with van der Waals surface area (Å²) in [5.41, 5.74) is 2.03. The standard InChI is InChI=1S/C20H24N2O3S2/c23-20(21-17-9-2-1-3-10-17)18-13-15-7-4-5-8-16(15)14-22(18)27(24,25)19-11-6-12-26-19/h4-8,11-12,17-18H,1-3,9-10,13-14H2,(H,21,23). The molecular weight excluding hydrogens is 380 g/mol. The fourth-order valence-corrected chi connectivity index (χ4v) is 6.73. The lowest BCUT2D eigenvalue weighted by Gasteiger charge is -2.36. The van der Waals surface area contributed by atoms with Crippen LogP contribution in [-0.4, -0.2) is 30.7 Å². The van der Waals surface area contributed by atoms with Crippen molar-refractivity contribution in [2.75, 3.05) is 0 Å². The molecule has 0 radical (unpaired) electrons. The van der Waals surface area contributed by atoms with Gasteiger partial charge in [-0.2, -0.15) is 4.31 Å². The molecule has 144 valence electrons. The summed E-state index contributed by atoms with van der Waals surface area (Å²) >= 11 is 1.19. The molecule has 0 spiro atoms. The Morgan fingerprint density at radius 2 is 1.78 bits per heavy atom. The highest BCUT2D eigenvalue weighted by atomic mass is 32.2. The van der Waals surface area contributed by atoms with Crippen LogP contribution in [0.25, 0.3) is 0 Å². The third-order valence-electron chi connectivity index (χ3n) is 5.52. The van der Waals surface area contributed by atoms with Crippen molar-refractivity contribution in [1.82, 2.24) is 9.62 Å². The van der Waals surface area contributed by atoms with Crippen molar-refractivity contribution >= 4 is 27.3 Å². The van der Waals surface area contributed by atoms with Gasteiger partial charge in [0.15, 0.2) is 0 Å². The molecule has 2 heterocycles. The summed E-state index contributed by atoms with van der Waals surface area (Å²) in [6, 6.07) is 10.6. The van der Waals surface area contributed by atoms with Gasteiger partial charge in [-0.3, -0.25) is 4.79 Å². The van der Waals surface area contributed by atoms with Crippen LogP contribution in [-0.2, 0) is 27.8 Å². The maximum atomic E-state index is 13.2. The number of nitrogens with zero attached hydrogens (tertiary/aromatic N) is 1. The molecule has 1 N–H and O–H groups in total. The van der Waals surface area contributed by atoms with E-state index in [1.54, 1.807) is 17.5 Å². The van der Waals surface area contributed by atoms with Crippen LogP contribution in [0.15, 0.2) is 46.0 Å². The second-order valence-corrected chi connectivity index (χ2v) is 10.4. The molecule has 1 aliphatic heterocycles. The van der Waals surface area contributed by atoms with Gasteiger partial charge in [-0.25, -0.2) is 8.42 Å². The Kier molecular flexibility index (Phi) is 5.34. The number of carbonyl (C=O) groups excluding carboxylic acids is 1. The van der Waals surface area contributed by atoms with Crippen molar-refractivity contribution in [2.24, 2.45) is 0 Å². The number of hydrogen-bond acceptors (Lipinski definition) is 4. The summed E-state index contributed by atoms with van der Waals surface area (Å²) in [4.78, 5) is 13.1. The lowest BCUT2D eigenvalue weighted by atomic mass is 9.93. The molecule has 1 aromatic heterocycles. The van der Waals surface area contributed by atoms with Gasteiger partial charge in [0.2, 0.25) is 5.91 Å². The Bertz CT molecular complexity index is 903. The molecule has 1 fully saturated rings. The molecule has 27 heavy (non-hydrogen) atoms. The summed E-state index contributed by atoms with van der Waals surface area (Å²) in [7, 11) is -3.71. The molecule has 2 aliphatic rings. The highest BCUT2D eigenvalue weighted by molar-refractivity contribution is 7.91. The number of hydrogen-bond donors (Lipinski definition) is 1. The molecule has 5 nitrogen and oxygen atoms in total. The molecule has 2 aromatic rings. The van der Waals surface area contributed by atoms with Gasteiger partial charge < -0.3 is 5.32 Å². The van der Waals surface area contributed by atoms with Crippen LogP contribution in [0, 0.1) is 0 Å². The number of rotatable bonds is 4. The molecule has 1 unspecified atom stereocenters. The van der Waals surface area contributed by atoms with Gasteiger partial charge in [-0.05, 0) is 41.8 Å². The number of thiophene rings is 1. The van der Waals surface area contributed by atoms with E-state index >= 15 is 0 Å². The van der Waals surface area contributed by atoms with Crippen LogP contribution in [0.2, 0.25) is 0 Å². The summed E-state index contributed by atoms with van der Waals surface area (Å²) in [6.07, 6.45) is 5.83. The molecule has 0 saturated heterocycles. The average Bonchev–Trinajstić information content (AvgIpc) is 3.23. The van der Waals surface area contributed by atoms with Crippen LogP contribution >= 0.6 is 11.3 Å². The first kappa shape index (κ1) is 18.7. The van der Waals surface area contributed by atoms with Crippen molar-refractivity contribution < 1.29 is 13.2 Å². The van der Waals surface area contributed by atoms with E-state index in [9.17, 15) is 13.2 Å². The van der Waals surface area contributed by atoms with Gasteiger partial charge in [0.25, 0.3) is 10.0 Å². The molecule has 7 heteroatoms. The van der Waals surface area contributed by atoms with Crippen LogP contribution in [0.1, 0.15) is 43.2 Å². The smallest absolute Gasteiger partial charge is 0.253 e. The minimum absolute atomic E-state index is 0.162. The van der Waals surface area contributed by atoms with Crippen molar-refractivity contribution in [2.45, 2.75) is 61.4 Å². The summed E-state index contributed by atoms with van der Waals surface area (Å²) in [6.45, 7) is 0.235. The van der Waals surface area contributed by atoms with E-state index in [0.717, 1.165) is 36.8 Å². The van der Waals surface area contributed by atoms with Crippen molar-refractivity contribution in [3.05, 3.63) is 52.9 Å². The average molecular weight is 405 g/mol.